The lowest BCUT2D eigenvalue weighted by Gasteiger charge is -2.41. The van der Waals surface area contributed by atoms with Gasteiger partial charge in [0.25, 0.3) is 0 Å². The molecule has 0 radical (unpaired) electrons. The van der Waals surface area contributed by atoms with Crippen LogP contribution in [0.3, 0.4) is 0 Å². The molecule has 1 aliphatic heterocycles. The molecule has 0 aromatic rings. The minimum absolute atomic E-state index is 0.318. The third-order valence-corrected chi connectivity index (χ3v) is 2.45. The lowest BCUT2D eigenvalue weighted by atomic mass is 9.97. The Hall–Kier alpha value is -0.690. The second-order valence-electron chi connectivity index (χ2n) is 3.65. The van der Waals surface area contributed by atoms with Crippen molar-refractivity contribution < 1.29 is 24.5 Å². The molecule has 1 amide bonds. The quantitative estimate of drug-likeness (QED) is 0.532. The summed E-state index contributed by atoms with van der Waals surface area (Å²) in [5.41, 5.74) is 0. The summed E-state index contributed by atoms with van der Waals surface area (Å²) < 4.78 is 10.1. The number of rotatable bonds is 2. The van der Waals surface area contributed by atoms with E-state index in [9.17, 15) is 15.0 Å². The molecule has 1 saturated heterocycles. The summed E-state index contributed by atoms with van der Waals surface area (Å²) in [6, 6.07) is -0.767. The smallest absolute Gasteiger partial charge is 0.217 e. The number of aliphatic hydroxyl groups is 2. The molecule has 3 N–H and O–H groups in total. The standard InChI is InChI=1S/C9H17NO5/c1-4-7(12)6(10-5(2)11)8(13)9(14-3)15-4/h4,6-9,12-13H,1-3H3,(H,10,11)/t4-,6+,7+,8-,9-/m1/s1. The number of hydrogen-bond donors (Lipinski definition) is 3. The highest BCUT2D eigenvalue weighted by atomic mass is 16.7. The van der Waals surface area contributed by atoms with E-state index in [-0.39, 0.29) is 5.91 Å². The highest BCUT2D eigenvalue weighted by Crippen LogP contribution is 2.21. The van der Waals surface area contributed by atoms with Crippen molar-refractivity contribution in [3.05, 3.63) is 0 Å². The molecule has 6 heteroatoms. The van der Waals surface area contributed by atoms with Gasteiger partial charge in [-0.3, -0.25) is 4.79 Å². The van der Waals surface area contributed by atoms with Crippen LogP contribution in [0, 0.1) is 0 Å². The van der Waals surface area contributed by atoms with Crippen molar-refractivity contribution in [1.29, 1.82) is 0 Å². The summed E-state index contributed by atoms with van der Waals surface area (Å²) in [5, 5.41) is 21.9. The van der Waals surface area contributed by atoms with Crippen molar-refractivity contribution in [3.63, 3.8) is 0 Å². The van der Waals surface area contributed by atoms with Gasteiger partial charge in [-0.2, -0.15) is 0 Å². The minimum Gasteiger partial charge on any atom is -0.388 e. The van der Waals surface area contributed by atoms with Gasteiger partial charge in [0.15, 0.2) is 6.29 Å². The molecule has 88 valence electrons. The van der Waals surface area contributed by atoms with Crippen molar-refractivity contribution in [2.24, 2.45) is 0 Å². The van der Waals surface area contributed by atoms with Crippen LogP contribution in [0.2, 0.25) is 0 Å². The van der Waals surface area contributed by atoms with Crippen molar-refractivity contribution in [3.8, 4) is 0 Å². The number of carbonyl (C=O) groups excluding carboxylic acids is 1. The topological polar surface area (TPSA) is 88.0 Å². The van der Waals surface area contributed by atoms with E-state index in [0.29, 0.717) is 0 Å². The second-order valence-corrected chi connectivity index (χ2v) is 3.65. The lowest BCUT2D eigenvalue weighted by molar-refractivity contribution is -0.261. The zero-order chi connectivity index (χ0) is 11.6. The van der Waals surface area contributed by atoms with E-state index in [0.717, 1.165) is 0 Å². The van der Waals surface area contributed by atoms with Gasteiger partial charge in [-0.1, -0.05) is 0 Å². The predicted molar refractivity (Wildman–Crippen MR) is 51.0 cm³/mol. The fourth-order valence-corrected chi connectivity index (χ4v) is 1.64. The fourth-order valence-electron chi connectivity index (χ4n) is 1.64. The molecule has 0 saturated carbocycles. The van der Waals surface area contributed by atoms with E-state index in [2.05, 4.69) is 5.32 Å². The Morgan fingerprint density at radius 3 is 2.47 bits per heavy atom. The first-order valence-electron chi connectivity index (χ1n) is 4.79. The normalized spacial score (nSPS) is 41.3. The van der Waals surface area contributed by atoms with Gasteiger partial charge in [-0.15, -0.1) is 0 Å². The highest BCUT2D eigenvalue weighted by molar-refractivity contribution is 5.73. The molecular weight excluding hydrogens is 202 g/mol. The summed E-state index contributed by atoms with van der Waals surface area (Å²) in [6.07, 6.45) is -3.36. The molecule has 0 aliphatic carbocycles. The molecule has 5 atom stereocenters. The van der Waals surface area contributed by atoms with Gasteiger partial charge in [-0.05, 0) is 6.92 Å². The average Bonchev–Trinajstić information content (AvgIpc) is 2.18. The lowest BCUT2D eigenvalue weighted by Crippen LogP contribution is -2.63. The van der Waals surface area contributed by atoms with E-state index in [1.165, 1.54) is 14.0 Å². The predicted octanol–water partition coefficient (Wildman–Crippen LogP) is -1.40. The molecule has 1 fully saturated rings. The number of carbonyl (C=O) groups is 1. The molecule has 0 unspecified atom stereocenters. The molecule has 6 nitrogen and oxygen atoms in total. The molecule has 0 aromatic heterocycles. The molecule has 1 rings (SSSR count). The van der Waals surface area contributed by atoms with Crippen LogP contribution in [0.4, 0.5) is 0 Å². The van der Waals surface area contributed by atoms with Gasteiger partial charge in [0, 0.05) is 14.0 Å². The number of ether oxygens (including phenoxy) is 2. The van der Waals surface area contributed by atoms with Crippen molar-refractivity contribution in [2.75, 3.05) is 7.11 Å². The zero-order valence-electron chi connectivity index (χ0n) is 9.01. The van der Waals surface area contributed by atoms with E-state index in [1.807, 2.05) is 0 Å². The largest absolute Gasteiger partial charge is 0.388 e. The number of hydrogen-bond acceptors (Lipinski definition) is 5. The number of aliphatic hydroxyl groups excluding tert-OH is 2. The third-order valence-electron chi connectivity index (χ3n) is 2.45. The maximum atomic E-state index is 10.9. The van der Waals surface area contributed by atoms with E-state index >= 15 is 0 Å². The first-order chi connectivity index (χ1) is 6.97. The maximum absolute atomic E-state index is 10.9. The zero-order valence-corrected chi connectivity index (χ0v) is 9.01. The van der Waals surface area contributed by atoms with Crippen molar-refractivity contribution >= 4 is 5.91 Å². The first kappa shape index (κ1) is 12.4. The molecule has 15 heavy (non-hydrogen) atoms. The van der Waals surface area contributed by atoms with Gasteiger partial charge in [0.2, 0.25) is 5.91 Å². The Morgan fingerprint density at radius 1 is 1.40 bits per heavy atom. The summed E-state index contributed by atoms with van der Waals surface area (Å²) in [4.78, 5) is 10.9. The number of amides is 1. The fraction of sp³-hybridized carbons (Fsp3) is 0.889. The molecule has 0 aromatic carbocycles. The molecular formula is C9H17NO5. The van der Waals surface area contributed by atoms with Crippen LogP contribution in [-0.2, 0) is 14.3 Å². The summed E-state index contributed by atoms with van der Waals surface area (Å²) in [7, 11) is 1.39. The SMILES string of the molecule is CO[C@@H]1O[C@H](C)[C@H](O)[C@H](NC(C)=O)[C@H]1O. The third kappa shape index (κ3) is 2.66. The van der Waals surface area contributed by atoms with Gasteiger partial charge in [-0.25, -0.2) is 0 Å². The molecule has 0 bridgehead atoms. The number of nitrogens with one attached hydrogen (secondary N) is 1. The maximum Gasteiger partial charge on any atom is 0.217 e. The summed E-state index contributed by atoms with van der Waals surface area (Å²) in [6.45, 7) is 2.97. The Morgan fingerprint density at radius 2 is 2.00 bits per heavy atom. The van der Waals surface area contributed by atoms with E-state index < -0.39 is 30.6 Å². The van der Waals surface area contributed by atoms with Crippen LogP contribution in [0.15, 0.2) is 0 Å². The van der Waals surface area contributed by atoms with Crippen LogP contribution in [-0.4, -0.2) is 53.9 Å². The van der Waals surface area contributed by atoms with E-state index in [4.69, 9.17) is 9.47 Å². The van der Waals surface area contributed by atoms with Gasteiger partial charge < -0.3 is 25.0 Å². The van der Waals surface area contributed by atoms with Gasteiger partial charge in [0.05, 0.1) is 12.1 Å². The molecule has 1 heterocycles. The first-order valence-corrected chi connectivity index (χ1v) is 4.79. The highest BCUT2D eigenvalue weighted by Gasteiger charge is 2.43. The monoisotopic (exact) mass is 219 g/mol. The van der Waals surface area contributed by atoms with Gasteiger partial charge >= 0.3 is 0 Å². The van der Waals surface area contributed by atoms with Crippen molar-refractivity contribution in [1.82, 2.24) is 5.32 Å². The average molecular weight is 219 g/mol. The van der Waals surface area contributed by atoms with E-state index in [1.54, 1.807) is 6.92 Å². The van der Waals surface area contributed by atoms with Crippen LogP contribution in [0.5, 0.6) is 0 Å². The molecule has 1 aliphatic rings. The second kappa shape index (κ2) is 4.89. The Kier molecular flexibility index (Phi) is 4.04. The van der Waals surface area contributed by atoms with Crippen LogP contribution >= 0.6 is 0 Å². The minimum atomic E-state index is -1.08. The Balaban J connectivity index is 2.74. The van der Waals surface area contributed by atoms with Crippen molar-refractivity contribution in [2.45, 2.75) is 44.5 Å². The Labute approximate surface area is 88.2 Å². The van der Waals surface area contributed by atoms with Gasteiger partial charge in [0.1, 0.15) is 12.2 Å². The van der Waals surface area contributed by atoms with Crippen LogP contribution in [0.25, 0.3) is 0 Å². The summed E-state index contributed by atoms with van der Waals surface area (Å²) >= 11 is 0. The van der Waals surface area contributed by atoms with Crippen LogP contribution < -0.4 is 5.32 Å². The molecule has 0 spiro atoms. The summed E-state index contributed by atoms with van der Waals surface area (Å²) in [5.74, 6) is -0.318. The van der Waals surface area contributed by atoms with Crippen LogP contribution in [0.1, 0.15) is 13.8 Å². The number of methoxy groups -OCH3 is 1. The Bertz CT molecular complexity index is 235.